The van der Waals surface area contributed by atoms with Crippen LogP contribution in [0.15, 0.2) is 41.8 Å². The second-order valence-electron chi connectivity index (χ2n) is 5.02. The van der Waals surface area contributed by atoms with Gasteiger partial charge in [0.15, 0.2) is 0 Å². The van der Waals surface area contributed by atoms with E-state index in [-0.39, 0.29) is 13.0 Å². The molecule has 1 aliphatic rings. The average Bonchev–Trinajstić information content (AvgIpc) is 3.04. The molecule has 5 nitrogen and oxygen atoms in total. The molecular weight excluding hydrogens is 314 g/mol. The summed E-state index contributed by atoms with van der Waals surface area (Å²) in [5.74, 6) is -1.95. The molecule has 3 rings (SSSR count). The largest absolute Gasteiger partial charge is 0.481 e. The van der Waals surface area contributed by atoms with E-state index in [4.69, 9.17) is 5.11 Å². The Morgan fingerprint density at radius 1 is 1.09 bits per heavy atom. The highest BCUT2D eigenvalue weighted by Crippen LogP contribution is 2.31. The lowest BCUT2D eigenvalue weighted by molar-refractivity contribution is -0.137. The van der Waals surface area contributed by atoms with E-state index < -0.39 is 17.8 Å². The van der Waals surface area contributed by atoms with Crippen LogP contribution in [0.2, 0.25) is 0 Å². The van der Waals surface area contributed by atoms with Gasteiger partial charge in [0.05, 0.1) is 6.42 Å². The van der Waals surface area contributed by atoms with E-state index in [0.717, 1.165) is 9.78 Å². The van der Waals surface area contributed by atoms with Gasteiger partial charge in [0.1, 0.15) is 0 Å². The standard InChI is InChI=1S/C17H13NO4S/c19-15(20)7-8-18-16(21)13-6-2-1-5-12(13)14(17(18)22)10-11-4-3-9-23-11/h1-6,9-10H,7-8H2,(H,19,20). The van der Waals surface area contributed by atoms with Crippen molar-refractivity contribution in [2.45, 2.75) is 6.42 Å². The number of nitrogens with zero attached hydrogens (tertiary/aromatic N) is 1. The quantitative estimate of drug-likeness (QED) is 0.692. The molecule has 0 radical (unpaired) electrons. The van der Waals surface area contributed by atoms with Crippen LogP contribution < -0.4 is 0 Å². The van der Waals surface area contributed by atoms with Crippen LogP contribution in [0.4, 0.5) is 0 Å². The minimum Gasteiger partial charge on any atom is -0.481 e. The topological polar surface area (TPSA) is 74.7 Å². The molecule has 2 aromatic rings. The van der Waals surface area contributed by atoms with Gasteiger partial charge in [-0.1, -0.05) is 24.3 Å². The van der Waals surface area contributed by atoms with Crippen molar-refractivity contribution < 1.29 is 19.5 Å². The third-order valence-corrected chi connectivity index (χ3v) is 4.37. The van der Waals surface area contributed by atoms with Crippen LogP contribution in [0.3, 0.4) is 0 Å². The van der Waals surface area contributed by atoms with Crippen molar-refractivity contribution in [3.8, 4) is 0 Å². The molecule has 2 amide bonds. The van der Waals surface area contributed by atoms with E-state index in [2.05, 4.69) is 0 Å². The number of carboxylic acids is 1. The second-order valence-corrected chi connectivity index (χ2v) is 6.00. The van der Waals surface area contributed by atoms with Gasteiger partial charge in [0.25, 0.3) is 11.8 Å². The fourth-order valence-electron chi connectivity index (χ4n) is 2.47. The van der Waals surface area contributed by atoms with Crippen LogP contribution in [-0.4, -0.2) is 34.3 Å². The molecule has 0 unspecified atom stereocenters. The van der Waals surface area contributed by atoms with Crippen LogP contribution in [0, 0.1) is 0 Å². The highest BCUT2D eigenvalue weighted by Gasteiger charge is 2.34. The summed E-state index contributed by atoms with van der Waals surface area (Å²) < 4.78 is 0. The maximum Gasteiger partial charge on any atom is 0.305 e. The van der Waals surface area contributed by atoms with Crippen molar-refractivity contribution in [3.63, 3.8) is 0 Å². The fourth-order valence-corrected chi connectivity index (χ4v) is 3.13. The Hall–Kier alpha value is -2.73. The van der Waals surface area contributed by atoms with E-state index in [1.54, 1.807) is 30.3 Å². The summed E-state index contributed by atoms with van der Waals surface area (Å²) in [6, 6.07) is 10.6. The number of carbonyl (C=O) groups is 3. The van der Waals surface area contributed by atoms with Gasteiger partial charge in [-0.3, -0.25) is 19.3 Å². The summed E-state index contributed by atoms with van der Waals surface area (Å²) in [6.07, 6.45) is 1.47. The van der Waals surface area contributed by atoms with E-state index >= 15 is 0 Å². The summed E-state index contributed by atoms with van der Waals surface area (Å²) >= 11 is 1.49. The molecule has 0 fully saturated rings. The fraction of sp³-hybridized carbons (Fsp3) is 0.118. The zero-order chi connectivity index (χ0) is 16.4. The zero-order valence-corrected chi connectivity index (χ0v) is 12.9. The summed E-state index contributed by atoms with van der Waals surface area (Å²) in [5, 5.41) is 10.7. The molecular formula is C17H13NO4S. The van der Waals surface area contributed by atoms with Crippen molar-refractivity contribution >= 4 is 40.8 Å². The van der Waals surface area contributed by atoms with Crippen molar-refractivity contribution in [2.75, 3.05) is 6.54 Å². The van der Waals surface area contributed by atoms with Crippen LogP contribution in [0.25, 0.3) is 11.6 Å². The maximum atomic E-state index is 12.7. The zero-order valence-electron chi connectivity index (χ0n) is 12.1. The number of rotatable bonds is 4. The molecule has 1 aliphatic heterocycles. The van der Waals surface area contributed by atoms with Gasteiger partial charge in [-0.25, -0.2) is 0 Å². The minimum atomic E-state index is -1.05. The Kier molecular flexibility index (Phi) is 4.08. The molecule has 0 saturated carbocycles. The summed E-state index contributed by atoms with van der Waals surface area (Å²) in [4.78, 5) is 37.8. The lowest BCUT2D eigenvalue weighted by atomic mass is 9.93. The van der Waals surface area contributed by atoms with Crippen LogP contribution in [-0.2, 0) is 9.59 Å². The number of imide groups is 1. The van der Waals surface area contributed by atoms with E-state index in [0.29, 0.717) is 16.7 Å². The normalized spacial score (nSPS) is 15.8. The van der Waals surface area contributed by atoms with Crippen molar-refractivity contribution in [2.24, 2.45) is 0 Å². The molecule has 2 heterocycles. The Bertz CT molecular complexity index is 808. The average molecular weight is 327 g/mol. The smallest absolute Gasteiger partial charge is 0.305 e. The van der Waals surface area contributed by atoms with Gasteiger partial charge < -0.3 is 5.11 Å². The molecule has 0 bridgehead atoms. The Morgan fingerprint density at radius 3 is 2.48 bits per heavy atom. The first-order valence-corrected chi connectivity index (χ1v) is 7.88. The number of carboxylic acid groups (broad SMARTS) is 1. The maximum absolute atomic E-state index is 12.7. The summed E-state index contributed by atoms with van der Waals surface area (Å²) in [7, 11) is 0. The molecule has 0 saturated heterocycles. The molecule has 0 atom stereocenters. The van der Waals surface area contributed by atoms with Gasteiger partial charge in [0.2, 0.25) is 0 Å². The number of benzene rings is 1. The molecule has 116 valence electrons. The third-order valence-electron chi connectivity index (χ3n) is 3.55. The van der Waals surface area contributed by atoms with E-state index in [1.807, 2.05) is 17.5 Å². The van der Waals surface area contributed by atoms with Crippen LogP contribution in [0.5, 0.6) is 0 Å². The van der Waals surface area contributed by atoms with Crippen LogP contribution >= 0.6 is 11.3 Å². The number of hydrogen-bond acceptors (Lipinski definition) is 4. The first-order chi connectivity index (χ1) is 11.1. The molecule has 1 aromatic carbocycles. The molecule has 6 heteroatoms. The number of thiophene rings is 1. The summed E-state index contributed by atoms with van der Waals surface area (Å²) in [6.45, 7) is -0.136. The Labute approximate surface area is 136 Å². The lowest BCUT2D eigenvalue weighted by Gasteiger charge is -2.28. The first kappa shape index (κ1) is 15.2. The van der Waals surface area contributed by atoms with Gasteiger partial charge in [0, 0.05) is 22.6 Å². The predicted octanol–water partition coefficient (Wildman–Crippen LogP) is 2.75. The van der Waals surface area contributed by atoms with E-state index in [9.17, 15) is 14.4 Å². The SMILES string of the molecule is O=C(O)CCN1C(=O)C(=Cc2cccs2)c2ccccc2C1=O. The minimum absolute atomic E-state index is 0.136. The van der Waals surface area contributed by atoms with Gasteiger partial charge in [-0.15, -0.1) is 11.3 Å². The number of fused-ring (bicyclic) bond motifs is 1. The number of hydrogen-bond donors (Lipinski definition) is 1. The van der Waals surface area contributed by atoms with Gasteiger partial charge >= 0.3 is 5.97 Å². The lowest BCUT2D eigenvalue weighted by Crippen LogP contribution is -2.42. The van der Waals surface area contributed by atoms with Gasteiger partial charge in [-0.05, 0) is 29.2 Å². The summed E-state index contributed by atoms with van der Waals surface area (Å²) in [5.41, 5.74) is 1.41. The molecule has 1 N–H and O–H groups in total. The van der Waals surface area contributed by atoms with Gasteiger partial charge in [-0.2, -0.15) is 0 Å². The Morgan fingerprint density at radius 2 is 1.83 bits per heavy atom. The van der Waals surface area contributed by atoms with Crippen molar-refractivity contribution in [1.82, 2.24) is 4.90 Å². The van der Waals surface area contributed by atoms with Crippen LogP contribution in [0.1, 0.15) is 27.2 Å². The predicted molar refractivity (Wildman–Crippen MR) is 86.9 cm³/mol. The molecule has 1 aromatic heterocycles. The first-order valence-electron chi connectivity index (χ1n) is 7.00. The van der Waals surface area contributed by atoms with E-state index in [1.165, 1.54) is 11.3 Å². The third kappa shape index (κ3) is 2.93. The molecule has 0 aliphatic carbocycles. The number of amides is 2. The monoisotopic (exact) mass is 327 g/mol. The number of aliphatic carboxylic acids is 1. The Balaban J connectivity index is 2.07. The number of carbonyl (C=O) groups excluding carboxylic acids is 2. The highest BCUT2D eigenvalue weighted by molar-refractivity contribution is 7.11. The van der Waals surface area contributed by atoms with Crippen molar-refractivity contribution in [3.05, 3.63) is 57.8 Å². The second kappa shape index (κ2) is 6.18. The highest BCUT2D eigenvalue weighted by atomic mass is 32.1. The molecule has 0 spiro atoms. The van der Waals surface area contributed by atoms with Crippen molar-refractivity contribution in [1.29, 1.82) is 0 Å². The molecule has 23 heavy (non-hydrogen) atoms.